The highest BCUT2D eigenvalue weighted by Gasteiger charge is 2.47. The van der Waals surface area contributed by atoms with Crippen molar-refractivity contribution in [1.29, 1.82) is 0 Å². The second-order valence-corrected chi connectivity index (χ2v) is 8.44. The predicted octanol–water partition coefficient (Wildman–Crippen LogP) is 3.39. The van der Waals surface area contributed by atoms with E-state index in [1.807, 2.05) is 22.8 Å². The van der Waals surface area contributed by atoms with Crippen LogP contribution in [0.2, 0.25) is 0 Å². The molecule has 2 saturated heterocycles. The van der Waals surface area contributed by atoms with Crippen molar-refractivity contribution in [3.63, 3.8) is 0 Å². The van der Waals surface area contributed by atoms with Gasteiger partial charge in [-0.3, -0.25) is 9.59 Å². The maximum absolute atomic E-state index is 13.5. The number of benzene rings is 1. The smallest absolute Gasteiger partial charge is 0.273 e. The van der Waals surface area contributed by atoms with E-state index in [4.69, 9.17) is 0 Å². The molecule has 0 unspecified atom stereocenters. The number of likely N-dealkylation sites (tertiary alicyclic amines) is 2. The van der Waals surface area contributed by atoms with E-state index in [-0.39, 0.29) is 23.2 Å². The van der Waals surface area contributed by atoms with Crippen molar-refractivity contribution in [3.05, 3.63) is 51.7 Å². The van der Waals surface area contributed by atoms with Crippen molar-refractivity contribution < 1.29 is 14.0 Å². The van der Waals surface area contributed by atoms with Crippen molar-refractivity contribution in [3.8, 4) is 0 Å². The molecule has 2 aliphatic rings. The Hall–Kier alpha value is -2.28. The Morgan fingerprint density at radius 3 is 2.74 bits per heavy atom. The van der Waals surface area contributed by atoms with Gasteiger partial charge in [0.25, 0.3) is 5.91 Å². The fraction of sp³-hybridized carbons (Fsp3) is 0.450. The zero-order chi connectivity index (χ0) is 19.0. The molecule has 0 bridgehead atoms. The molecular weight excluding hydrogens is 365 g/mol. The van der Waals surface area contributed by atoms with Gasteiger partial charge in [-0.25, -0.2) is 9.37 Å². The molecule has 0 radical (unpaired) electrons. The summed E-state index contributed by atoms with van der Waals surface area (Å²) in [5.74, 6) is -0.198. The zero-order valence-corrected chi connectivity index (χ0v) is 16.1. The third kappa shape index (κ3) is 3.48. The lowest BCUT2D eigenvalue weighted by atomic mass is 9.84. The molecule has 0 N–H and O–H groups in total. The monoisotopic (exact) mass is 387 g/mol. The summed E-state index contributed by atoms with van der Waals surface area (Å²) in [6.07, 6.45) is 2.83. The van der Waals surface area contributed by atoms with Gasteiger partial charge in [0.2, 0.25) is 5.91 Å². The molecule has 7 heteroatoms. The first kappa shape index (κ1) is 18.1. The van der Waals surface area contributed by atoms with Gasteiger partial charge in [0.15, 0.2) is 0 Å². The Bertz CT molecular complexity index is 874. The summed E-state index contributed by atoms with van der Waals surface area (Å²) < 4.78 is 13.5. The Morgan fingerprint density at radius 2 is 2.07 bits per heavy atom. The van der Waals surface area contributed by atoms with Crippen LogP contribution in [0.3, 0.4) is 0 Å². The molecule has 2 aromatic rings. The van der Waals surface area contributed by atoms with Crippen LogP contribution in [0.1, 0.15) is 46.7 Å². The molecule has 142 valence electrons. The SMILES string of the molecule is Cc1nc(C(=O)N2CCC3(CCC(=O)N3Cc3cccc(F)c3)CC2)cs1. The minimum atomic E-state index is -0.285. The Morgan fingerprint density at radius 1 is 1.30 bits per heavy atom. The molecule has 27 heavy (non-hydrogen) atoms. The highest BCUT2D eigenvalue weighted by molar-refractivity contribution is 7.09. The first-order valence-corrected chi connectivity index (χ1v) is 10.1. The largest absolute Gasteiger partial charge is 0.337 e. The van der Waals surface area contributed by atoms with Crippen LogP contribution in [0.5, 0.6) is 0 Å². The fourth-order valence-electron chi connectivity index (χ4n) is 4.22. The van der Waals surface area contributed by atoms with Crippen LogP contribution in [0.25, 0.3) is 0 Å². The molecule has 5 nitrogen and oxygen atoms in total. The van der Waals surface area contributed by atoms with Crippen LogP contribution in [-0.2, 0) is 11.3 Å². The van der Waals surface area contributed by atoms with E-state index < -0.39 is 0 Å². The maximum Gasteiger partial charge on any atom is 0.273 e. The maximum atomic E-state index is 13.5. The average molecular weight is 387 g/mol. The number of aryl methyl sites for hydroxylation is 1. The Labute approximate surface area is 161 Å². The van der Waals surface area contributed by atoms with Gasteiger partial charge < -0.3 is 9.80 Å². The van der Waals surface area contributed by atoms with Crippen molar-refractivity contribution >= 4 is 23.2 Å². The number of halogens is 1. The summed E-state index contributed by atoms with van der Waals surface area (Å²) in [6, 6.07) is 6.43. The van der Waals surface area contributed by atoms with E-state index in [2.05, 4.69) is 4.98 Å². The Balaban J connectivity index is 1.47. The lowest BCUT2D eigenvalue weighted by Gasteiger charge is -2.45. The first-order chi connectivity index (χ1) is 13.0. The van der Waals surface area contributed by atoms with Crippen molar-refractivity contribution in [2.24, 2.45) is 0 Å². The molecular formula is C20H22FN3O2S. The molecule has 1 aromatic carbocycles. The number of hydrogen-bond donors (Lipinski definition) is 0. The molecule has 2 fully saturated rings. The number of rotatable bonds is 3. The second-order valence-electron chi connectivity index (χ2n) is 7.38. The summed E-state index contributed by atoms with van der Waals surface area (Å²) in [4.78, 5) is 33.2. The highest BCUT2D eigenvalue weighted by Crippen LogP contribution is 2.40. The van der Waals surface area contributed by atoms with Gasteiger partial charge in [0.05, 0.1) is 5.01 Å². The average Bonchev–Trinajstić information content (AvgIpc) is 3.21. The number of hydrogen-bond acceptors (Lipinski definition) is 4. The summed E-state index contributed by atoms with van der Waals surface area (Å²) in [5.41, 5.74) is 1.09. The zero-order valence-electron chi connectivity index (χ0n) is 15.3. The first-order valence-electron chi connectivity index (χ1n) is 9.23. The summed E-state index contributed by atoms with van der Waals surface area (Å²) >= 11 is 1.48. The third-order valence-electron chi connectivity index (χ3n) is 5.73. The van der Waals surface area contributed by atoms with Gasteiger partial charge in [-0.15, -0.1) is 11.3 Å². The number of amides is 2. The normalized spacial score (nSPS) is 19.1. The molecule has 3 heterocycles. The van der Waals surface area contributed by atoms with Gasteiger partial charge in [-0.1, -0.05) is 12.1 Å². The molecule has 1 aromatic heterocycles. The van der Waals surface area contributed by atoms with Crippen molar-refractivity contribution in [2.45, 2.75) is 44.7 Å². The van der Waals surface area contributed by atoms with Gasteiger partial charge in [0, 0.05) is 37.0 Å². The molecule has 0 aliphatic carbocycles. The number of carbonyl (C=O) groups excluding carboxylic acids is 2. The van der Waals surface area contributed by atoms with E-state index in [1.165, 1.54) is 23.5 Å². The van der Waals surface area contributed by atoms with E-state index in [0.717, 1.165) is 29.8 Å². The van der Waals surface area contributed by atoms with Crippen LogP contribution in [0.4, 0.5) is 4.39 Å². The summed E-state index contributed by atoms with van der Waals surface area (Å²) in [7, 11) is 0. The fourth-order valence-corrected chi connectivity index (χ4v) is 4.80. The van der Waals surface area contributed by atoms with Crippen LogP contribution in [0.15, 0.2) is 29.6 Å². The van der Waals surface area contributed by atoms with Crippen LogP contribution in [0, 0.1) is 12.7 Å². The van der Waals surface area contributed by atoms with Crippen LogP contribution in [-0.4, -0.2) is 45.2 Å². The summed E-state index contributed by atoms with van der Waals surface area (Å²) in [5, 5.41) is 2.69. The minimum absolute atomic E-state index is 0.0322. The van der Waals surface area contributed by atoms with Crippen molar-refractivity contribution in [2.75, 3.05) is 13.1 Å². The lowest BCUT2D eigenvalue weighted by Crippen LogP contribution is -2.53. The number of aromatic nitrogens is 1. The van der Waals surface area contributed by atoms with Crippen molar-refractivity contribution in [1.82, 2.24) is 14.8 Å². The molecule has 2 amide bonds. The van der Waals surface area contributed by atoms with Gasteiger partial charge in [0.1, 0.15) is 11.5 Å². The second kappa shape index (κ2) is 7.03. The highest BCUT2D eigenvalue weighted by atomic mass is 32.1. The predicted molar refractivity (Wildman–Crippen MR) is 101 cm³/mol. The third-order valence-corrected chi connectivity index (χ3v) is 6.50. The molecule has 0 saturated carbocycles. The number of piperidine rings is 1. The lowest BCUT2D eigenvalue weighted by molar-refractivity contribution is -0.133. The molecule has 1 spiro atoms. The topological polar surface area (TPSA) is 53.5 Å². The number of nitrogens with zero attached hydrogens (tertiary/aromatic N) is 3. The molecule has 4 rings (SSSR count). The molecule has 0 atom stereocenters. The number of carbonyl (C=O) groups is 2. The standard InChI is InChI=1S/C20H22FN3O2S/c1-14-22-17(13-27-14)19(26)23-9-7-20(8-10-23)6-5-18(25)24(20)12-15-3-2-4-16(21)11-15/h2-4,11,13H,5-10,12H2,1H3. The van der Waals surface area contributed by atoms with Crippen LogP contribution >= 0.6 is 11.3 Å². The minimum Gasteiger partial charge on any atom is -0.337 e. The Kier molecular flexibility index (Phi) is 4.72. The summed E-state index contributed by atoms with van der Waals surface area (Å²) in [6.45, 7) is 3.54. The van der Waals surface area contributed by atoms with Gasteiger partial charge in [-0.05, 0) is 43.9 Å². The van der Waals surface area contributed by atoms with E-state index >= 15 is 0 Å². The number of thiazole rings is 1. The van der Waals surface area contributed by atoms with E-state index in [0.29, 0.717) is 31.7 Å². The van der Waals surface area contributed by atoms with E-state index in [1.54, 1.807) is 11.4 Å². The quantitative estimate of drug-likeness (QED) is 0.811. The van der Waals surface area contributed by atoms with Gasteiger partial charge in [-0.2, -0.15) is 0 Å². The van der Waals surface area contributed by atoms with Crippen LogP contribution < -0.4 is 0 Å². The van der Waals surface area contributed by atoms with E-state index in [9.17, 15) is 14.0 Å². The van der Waals surface area contributed by atoms with Gasteiger partial charge >= 0.3 is 0 Å². The molecule has 2 aliphatic heterocycles.